The van der Waals surface area contributed by atoms with Gasteiger partial charge in [0, 0.05) is 8.95 Å². The highest BCUT2D eigenvalue weighted by Gasteiger charge is 2.28. The Morgan fingerprint density at radius 1 is 1.07 bits per heavy atom. The number of halogens is 2. The zero-order valence-electron chi connectivity index (χ0n) is 15.9. The van der Waals surface area contributed by atoms with Crippen molar-refractivity contribution < 1.29 is 24.2 Å². The molecule has 0 aromatic heterocycles. The van der Waals surface area contributed by atoms with Crippen molar-refractivity contribution in [1.82, 2.24) is 0 Å². The second-order valence-corrected chi connectivity index (χ2v) is 8.63. The van der Waals surface area contributed by atoms with Gasteiger partial charge in [0.1, 0.15) is 11.2 Å². The molecule has 28 heavy (non-hydrogen) atoms. The molecular weight excluding hydrogens is 492 g/mol. The van der Waals surface area contributed by atoms with Crippen LogP contribution in [0.5, 0.6) is 11.5 Å². The summed E-state index contributed by atoms with van der Waals surface area (Å²) >= 11 is 6.78. The number of phenols is 1. The first kappa shape index (κ1) is 22.2. The van der Waals surface area contributed by atoms with Gasteiger partial charge in [0.25, 0.3) is 0 Å². The Hall–Kier alpha value is -2.12. The van der Waals surface area contributed by atoms with Crippen LogP contribution in [0.25, 0.3) is 6.08 Å². The first-order chi connectivity index (χ1) is 13.0. The third kappa shape index (κ3) is 5.45. The summed E-state index contributed by atoms with van der Waals surface area (Å²) in [7, 11) is 1.38. The average Bonchev–Trinajstić information content (AvgIpc) is 2.60. The van der Waals surface area contributed by atoms with E-state index in [9.17, 15) is 14.7 Å². The summed E-state index contributed by atoms with van der Waals surface area (Å²) in [5, 5.41) is 10.3. The predicted molar refractivity (Wildman–Crippen MR) is 115 cm³/mol. The summed E-state index contributed by atoms with van der Waals surface area (Å²) in [6.45, 7) is 5.14. The molecule has 2 rings (SSSR count). The zero-order valence-corrected chi connectivity index (χ0v) is 19.0. The Morgan fingerprint density at radius 2 is 1.75 bits per heavy atom. The van der Waals surface area contributed by atoms with Gasteiger partial charge < -0.3 is 14.6 Å². The lowest BCUT2D eigenvalue weighted by Gasteiger charge is -2.20. The number of esters is 1. The summed E-state index contributed by atoms with van der Waals surface area (Å²) in [5.41, 5.74) is -0.417. The molecule has 0 aliphatic heterocycles. The quantitative estimate of drug-likeness (QED) is 0.188. The van der Waals surface area contributed by atoms with Gasteiger partial charge in [0.15, 0.2) is 11.5 Å². The molecular formula is C21H20Br2O5. The van der Waals surface area contributed by atoms with Crippen LogP contribution in [0.15, 0.2) is 50.9 Å². The van der Waals surface area contributed by atoms with Crippen LogP contribution in [0.3, 0.4) is 0 Å². The molecule has 5 nitrogen and oxygen atoms in total. The van der Waals surface area contributed by atoms with E-state index in [1.807, 2.05) is 0 Å². The van der Waals surface area contributed by atoms with E-state index in [0.29, 0.717) is 5.56 Å². The monoisotopic (exact) mass is 510 g/mol. The molecule has 2 aromatic rings. The molecule has 0 spiro atoms. The molecule has 0 aliphatic carbocycles. The number of hydrogen-bond acceptors (Lipinski definition) is 5. The minimum atomic E-state index is -0.785. The minimum absolute atomic E-state index is 0.0485. The van der Waals surface area contributed by atoms with Crippen molar-refractivity contribution in [2.24, 2.45) is 0 Å². The molecule has 148 valence electrons. The van der Waals surface area contributed by atoms with E-state index in [0.717, 1.165) is 8.95 Å². The van der Waals surface area contributed by atoms with Crippen LogP contribution in [0.1, 0.15) is 36.7 Å². The van der Waals surface area contributed by atoms with E-state index in [1.165, 1.54) is 25.3 Å². The molecule has 0 heterocycles. The van der Waals surface area contributed by atoms with Crippen molar-refractivity contribution in [3.63, 3.8) is 0 Å². The van der Waals surface area contributed by atoms with Gasteiger partial charge in [-0.25, -0.2) is 4.79 Å². The Balaban J connectivity index is 2.57. The number of benzene rings is 2. The Morgan fingerprint density at radius 3 is 2.32 bits per heavy atom. The van der Waals surface area contributed by atoms with Crippen molar-refractivity contribution in [1.29, 1.82) is 0 Å². The number of Topliss-reactive ketones (excluding diaryl/α,β-unsaturated/α-hetero) is 1. The summed E-state index contributed by atoms with van der Waals surface area (Å²) in [4.78, 5) is 25.9. The first-order valence-corrected chi connectivity index (χ1v) is 9.93. The van der Waals surface area contributed by atoms with E-state index < -0.39 is 17.4 Å². The number of ether oxygens (including phenoxy) is 2. The largest absolute Gasteiger partial charge is 0.504 e. The van der Waals surface area contributed by atoms with Crippen LogP contribution >= 0.6 is 31.9 Å². The van der Waals surface area contributed by atoms with Gasteiger partial charge in [-0.05, 0) is 88.5 Å². The fraction of sp³-hybridized carbons (Fsp3) is 0.238. The van der Waals surface area contributed by atoms with Crippen LogP contribution in [-0.2, 0) is 9.53 Å². The molecule has 1 N–H and O–H groups in total. The van der Waals surface area contributed by atoms with Crippen molar-refractivity contribution >= 4 is 49.7 Å². The number of phenolic OH excluding ortho intramolecular Hbond substituents is 1. The molecule has 0 unspecified atom stereocenters. The predicted octanol–water partition coefficient (Wildman–Crippen LogP) is 5.53. The van der Waals surface area contributed by atoms with Gasteiger partial charge in [0.05, 0.1) is 12.7 Å². The van der Waals surface area contributed by atoms with E-state index in [-0.39, 0.29) is 22.6 Å². The van der Waals surface area contributed by atoms with E-state index >= 15 is 0 Å². The molecule has 0 amide bonds. The van der Waals surface area contributed by atoms with Crippen molar-refractivity contribution in [3.05, 3.63) is 62.0 Å². The van der Waals surface area contributed by atoms with Crippen LogP contribution < -0.4 is 4.74 Å². The highest BCUT2D eigenvalue weighted by molar-refractivity contribution is 9.13. The second kappa shape index (κ2) is 8.92. The van der Waals surface area contributed by atoms with E-state index in [4.69, 9.17) is 9.47 Å². The molecule has 7 heteroatoms. The van der Waals surface area contributed by atoms with Gasteiger partial charge in [-0.1, -0.05) is 12.1 Å². The molecule has 0 aliphatic rings. The fourth-order valence-electron chi connectivity index (χ4n) is 2.33. The Labute approximate surface area is 180 Å². The minimum Gasteiger partial charge on any atom is -0.504 e. The highest BCUT2D eigenvalue weighted by atomic mass is 79.9. The molecule has 0 atom stereocenters. The van der Waals surface area contributed by atoms with Crippen molar-refractivity contribution in [2.45, 2.75) is 26.4 Å². The maximum atomic E-state index is 13.1. The molecule has 0 bridgehead atoms. The summed E-state index contributed by atoms with van der Waals surface area (Å²) in [6, 6.07) is 9.81. The van der Waals surface area contributed by atoms with Gasteiger partial charge in [-0.15, -0.1) is 0 Å². The van der Waals surface area contributed by atoms with Gasteiger partial charge in [0.2, 0.25) is 5.78 Å². The number of carbonyl (C=O) groups excluding carboxylic acids is 2. The average molecular weight is 512 g/mol. The number of ketones is 1. The molecule has 2 aromatic carbocycles. The normalized spacial score (nSPS) is 11.9. The maximum Gasteiger partial charge on any atom is 0.342 e. The standard InChI is InChI=1S/C21H20Br2O5/c1-21(2,3)28-20(26)14(10-12-8-9-15(22)16(23)11-12)18(24)13-6-5-7-17(27-4)19(13)25/h5-11,25H,1-4H3/b14-10+. The second-order valence-electron chi connectivity index (χ2n) is 6.92. The third-order valence-electron chi connectivity index (χ3n) is 3.58. The SMILES string of the molecule is COc1cccc(C(=O)/C(=C\c2ccc(Br)c(Br)c2)C(=O)OC(C)(C)C)c1O. The lowest BCUT2D eigenvalue weighted by molar-refractivity contribution is -0.149. The molecule has 0 radical (unpaired) electrons. The van der Waals surface area contributed by atoms with Crippen LogP contribution in [0.2, 0.25) is 0 Å². The van der Waals surface area contributed by atoms with Crippen LogP contribution in [0, 0.1) is 0 Å². The number of para-hydroxylation sites is 1. The van der Waals surface area contributed by atoms with Crippen LogP contribution in [0.4, 0.5) is 0 Å². The first-order valence-electron chi connectivity index (χ1n) is 8.34. The van der Waals surface area contributed by atoms with Crippen molar-refractivity contribution in [3.8, 4) is 11.5 Å². The summed E-state index contributed by atoms with van der Waals surface area (Å²) < 4.78 is 12.1. The van der Waals surface area contributed by atoms with E-state index in [1.54, 1.807) is 45.0 Å². The summed E-state index contributed by atoms with van der Waals surface area (Å²) in [6.07, 6.45) is 1.44. The Kier molecular flexibility index (Phi) is 7.06. The molecule has 0 saturated heterocycles. The van der Waals surface area contributed by atoms with Gasteiger partial charge in [-0.3, -0.25) is 4.79 Å². The fourth-order valence-corrected chi connectivity index (χ4v) is 2.98. The number of methoxy groups -OCH3 is 1. The third-order valence-corrected chi connectivity index (χ3v) is 5.46. The number of aromatic hydroxyl groups is 1. The van der Waals surface area contributed by atoms with E-state index in [2.05, 4.69) is 31.9 Å². The topological polar surface area (TPSA) is 72.8 Å². The Bertz CT molecular complexity index is 942. The van der Waals surface area contributed by atoms with Crippen molar-refractivity contribution in [2.75, 3.05) is 7.11 Å². The lowest BCUT2D eigenvalue weighted by Crippen LogP contribution is -2.27. The molecule has 0 saturated carbocycles. The van der Waals surface area contributed by atoms with Crippen LogP contribution in [-0.4, -0.2) is 29.6 Å². The lowest BCUT2D eigenvalue weighted by atomic mass is 9.99. The molecule has 0 fully saturated rings. The number of hydrogen-bond donors (Lipinski definition) is 1. The van der Waals surface area contributed by atoms with Gasteiger partial charge >= 0.3 is 5.97 Å². The smallest absolute Gasteiger partial charge is 0.342 e. The number of carbonyl (C=O) groups is 2. The highest BCUT2D eigenvalue weighted by Crippen LogP contribution is 2.32. The maximum absolute atomic E-state index is 13.1. The van der Waals surface area contributed by atoms with Gasteiger partial charge in [-0.2, -0.15) is 0 Å². The summed E-state index contributed by atoms with van der Waals surface area (Å²) in [5.74, 6) is -1.63. The number of rotatable bonds is 5. The zero-order chi connectivity index (χ0) is 21.1.